The molecule has 0 unspecified atom stereocenters. The molecule has 8 heteroatoms. The average molecular weight is 496 g/mol. The van der Waals surface area contributed by atoms with Crippen LogP contribution in [-0.4, -0.2) is 27.8 Å². The Kier molecular flexibility index (Phi) is 6.64. The number of aryl methyl sites for hydroxylation is 2. The molecule has 0 saturated heterocycles. The van der Waals surface area contributed by atoms with E-state index in [4.69, 9.17) is 9.47 Å². The molecule has 37 heavy (non-hydrogen) atoms. The van der Waals surface area contributed by atoms with Crippen molar-refractivity contribution in [3.05, 3.63) is 107 Å². The molecule has 3 aromatic carbocycles. The van der Waals surface area contributed by atoms with Gasteiger partial charge in [0.15, 0.2) is 11.5 Å². The molecule has 0 aliphatic carbocycles. The van der Waals surface area contributed by atoms with Crippen molar-refractivity contribution in [1.82, 2.24) is 14.8 Å². The van der Waals surface area contributed by atoms with Gasteiger partial charge in [-0.3, -0.25) is 4.79 Å². The number of amides is 1. The van der Waals surface area contributed by atoms with Gasteiger partial charge in [0.1, 0.15) is 19.0 Å². The van der Waals surface area contributed by atoms with Crippen LogP contribution in [0.3, 0.4) is 0 Å². The lowest BCUT2D eigenvalue weighted by Crippen LogP contribution is -2.32. The molecule has 0 spiro atoms. The van der Waals surface area contributed by atoms with Gasteiger partial charge in [0.2, 0.25) is 5.95 Å². The summed E-state index contributed by atoms with van der Waals surface area (Å²) in [7, 11) is 1.60. The Labute approximate surface area is 216 Å². The minimum atomic E-state index is -0.592. The van der Waals surface area contributed by atoms with Gasteiger partial charge in [0, 0.05) is 16.9 Å². The Morgan fingerprint density at radius 3 is 2.62 bits per heavy atom. The molecule has 188 valence electrons. The van der Waals surface area contributed by atoms with Gasteiger partial charge in [0.05, 0.1) is 12.7 Å². The van der Waals surface area contributed by atoms with E-state index in [1.165, 1.54) is 6.33 Å². The number of aromatic nitrogens is 3. The smallest absolute Gasteiger partial charge is 0.255 e. The van der Waals surface area contributed by atoms with E-state index in [1.807, 2.05) is 87.5 Å². The Morgan fingerprint density at radius 1 is 1.05 bits per heavy atom. The number of methoxy groups -OCH3 is 1. The first-order valence-corrected chi connectivity index (χ1v) is 12.1. The van der Waals surface area contributed by atoms with Crippen molar-refractivity contribution in [3.63, 3.8) is 0 Å². The summed E-state index contributed by atoms with van der Waals surface area (Å²) in [5.41, 5.74) is 5.83. The number of nitrogens with one attached hydrogen (secondary N) is 2. The summed E-state index contributed by atoms with van der Waals surface area (Å²) < 4.78 is 13.7. The first kappa shape index (κ1) is 24.1. The van der Waals surface area contributed by atoms with Gasteiger partial charge >= 0.3 is 0 Å². The summed E-state index contributed by atoms with van der Waals surface area (Å²) >= 11 is 0. The molecule has 1 aliphatic heterocycles. The first-order valence-electron chi connectivity index (χ1n) is 12.1. The van der Waals surface area contributed by atoms with Crippen molar-refractivity contribution >= 4 is 17.5 Å². The highest BCUT2D eigenvalue weighted by molar-refractivity contribution is 6.06. The second-order valence-corrected chi connectivity index (χ2v) is 9.02. The van der Waals surface area contributed by atoms with Crippen LogP contribution in [0.5, 0.6) is 11.5 Å². The van der Waals surface area contributed by atoms with Crippen molar-refractivity contribution < 1.29 is 14.3 Å². The van der Waals surface area contributed by atoms with Gasteiger partial charge < -0.3 is 20.1 Å². The topological polar surface area (TPSA) is 90.3 Å². The molecule has 1 amide bonds. The fourth-order valence-electron chi connectivity index (χ4n) is 4.61. The summed E-state index contributed by atoms with van der Waals surface area (Å²) in [5.74, 6) is 1.43. The van der Waals surface area contributed by atoms with Crippen LogP contribution in [0.1, 0.15) is 35.2 Å². The van der Waals surface area contributed by atoms with Gasteiger partial charge in [-0.25, -0.2) is 4.68 Å². The highest BCUT2D eigenvalue weighted by atomic mass is 16.5. The van der Waals surface area contributed by atoms with Crippen molar-refractivity contribution in [2.24, 2.45) is 0 Å². The quantitative estimate of drug-likeness (QED) is 0.356. The average Bonchev–Trinajstić information content (AvgIpc) is 3.36. The van der Waals surface area contributed by atoms with Crippen molar-refractivity contribution in [2.45, 2.75) is 33.4 Å². The van der Waals surface area contributed by atoms with E-state index < -0.39 is 6.04 Å². The Balaban J connectivity index is 1.58. The molecule has 8 nitrogen and oxygen atoms in total. The summed E-state index contributed by atoms with van der Waals surface area (Å²) in [5, 5.41) is 10.8. The fraction of sp³-hybridized carbons (Fsp3) is 0.207. The number of carbonyl (C=O) groups excluding carboxylic acids is 1. The molecular formula is C29H29N5O3. The van der Waals surface area contributed by atoms with Crippen LogP contribution in [-0.2, 0) is 11.4 Å². The number of nitrogens with zero attached hydrogens (tertiary/aromatic N) is 3. The molecule has 0 radical (unpaired) electrons. The summed E-state index contributed by atoms with van der Waals surface area (Å²) in [6, 6.07) is 20.9. The third-order valence-electron chi connectivity index (χ3n) is 6.42. The maximum Gasteiger partial charge on any atom is 0.255 e. The standard InChI is InChI=1S/C29H29N5O3/c1-18-13-14-23(19(2)15-18)33-28(35)25-20(3)32-29-30-17-31-34(29)26(25)22-11-8-12-24(36-4)27(22)37-16-21-9-6-5-7-10-21/h5-15,17,26H,16H2,1-4H3,(H,33,35)(H,30,31,32)/t26-/m1/s1. The van der Waals surface area contributed by atoms with E-state index in [1.54, 1.807) is 11.8 Å². The van der Waals surface area contributed by atoms with E-state index in [-0.39, 0.29) is 5.91 Å². The van der Waals surface area contributed by atoms with Crippen molar-refractivity contribution in [1.29, 1.82) is 0 Å². The lowest BCUT2D eigenvalue weighted by molar-refractivity contribution is -0.113. The number of carbonyl (C=O) groups is 1. The molecule has 1 aromatic heterocycles. The number of para-hydroxylation sites is 1. The zero-order valence-electron chi connectivity index (χ0n) is 21.3. The van der Waals surface area contributed by atoms with Crippen LogP contribution in [0.2, 0.25) is 0 Å². The highest BCUT2D eigenvalue weighted by Crippen LogP contribution is 2.43. The van der Waals surface area contributed by atoms with E-state index in [9.17, 15) is 4.79 Å². The molecular weight excluding hydrogens is 466 g/mol. The Hall–Kier alpha value is -4.59. The monoisotopic (exact) mass is 495 g/mol. The SMILES string of the molecule is COc1cccc([C@@H]2C(C(=O)Nc3ccc(C)cc3C)=C(C)Nc3ncnn32)c1OCc1ccccc1. The highest BCUT2D eigenvalue weighted by Gasteiger charge is 2.36. The molecule has 0 bridgehead atoms. The minimum Gasteiger partial charge on any atom is -0.493 e. The van der Waals surface area contributed by atoms with Crippen LogP contribution >= 0.6 is 0 Å². The number of ether oxygens (including phenoxy) is 2. The fourth-order valence-corrected chi connectivity index (χ4v) is 4.61. The number of benzene rings is 3. The summed E-state index contributed by atoms with van der Waals surface area (Å²) in [6.45, 7) is 6.22. The predicted molar refractivity (Wildman–Crippen MR) is 143 cm³/mol. The number of fused-ring (bicyclic) bond motifs is 1. The van der Waals surface area contributed by atoms with E-state index >= 15 is 0 Å². The number of hydrogen-bond acceptors (Lipinski definition) is 6. The van der Waals surface area contributed by atoms with Gasteiger partial charge in [0.25, 0.3) is 5.91 Å². The number of hydrogen-bond donors (Lipinski definition) is 2. The van der Waals surface area contributed by atoms with Gasteiger partial charge in [-0.05, 0) is 44.0 Å². The third-order valence-corrected chi connectivity index (χ3v) is 6.42. The maximum absolute atomic E-state index is 13.8. The molecule has 1 aliphatic rings. The van der Waals surface area contributed by atoms with Gasteiger partial charge in [-0.15, -0.1) is 0 Å². The third kappa shape index (κ3) is 4.78. The van der Waals surface area contributed by atoms with Crippen LogP contribution in [0.25, 0.3) is 0 Å². The van der Waals surface area contributed by atoms with Gasteiger partial charge in [-0.2, -0.15) is 10.1 Å². The molecule has 4 aromatic rings. The molecule has 0 fully saturated rings. The molecule has 2 heterocycles. The summed E-state index contributed by atoms with van der Waals surface area (Å²) in [4.78, 5) is 18.2. The van der Waals surface area contributed by atoms with E-state index in [2.05, 4.69) is 20.7 Å². The Morgan fingerprint density at radius 2 is 1.86 bits per heavy atom. The zero-order chi connectivity index (χ0) is 25.9. The normalized spacial score (nSPS) is 14.5. The number of allylic oxidation sites excluding steroid dienone is 1. The minimum absolute atomic E-state index is 0.236. The molecule has 2 N–H and O–H groups in total. The number of anilines is 2. The van der Waals surface area contributed by atoms with Crippen molar-refractivity contribution in [2.75, 3.05) is 17.7 Å². The molecule has 0 saturated carbocycles. The second-order valence-electron chi connectivity index (χ2n) is 9.02. The van der Waals surface area contributed by atoms with Crippen LogP contribution in [0.4, 0.5) is 11.6 Å². The zero-order valence-corrected chi connectivity index (χ0v) is 21.3. The largest absolute Gasteiger partial charge is 0.493 e. The lowest BCUT2D eigenvalue weighted by atomic mass is 9.93. The molecule has 1 atom stereocenters. The van der Waals surface area contributed by atoms with Crippen LogP contribution in [0.15, 0.2) is 84.3 Å². The summed E-state index contributed by atoms with van der Waals surface area (Å²) in [6.07, 6.45) is 1.47. The predicted octanol–water partition coefficient (Wildman–Crippen LogP) is 5.41. The van der Waals surface area contributed by atoms with E-state index in [0.717, 1.165) is 27.9 Å². The lowest BCUT2D eigenvalue weighted by Gasteiger charge is -2.30. The van der Waals surface area contributed by atoms with Crippen LogP contribution in [0, 0.1) is 13.8 Å². The van der Waals surface area contributed by atoms with Gasteiger partial charge in [-0.1, -0.05) is 60.2 Å². The van der Waals surface area contributed by atoms with E-state index in [0.29, 0.717) is 35.3 Å². The van der Waals surface area contributed by atoms with Crippen molar-refractivity contribution in [3.8, 4) is 11.5 Å². The second kappa shape index (κ2) is 10.2. The first-order chi connectivity index (χ1) is 18.0. The van der Waals surface area contributed by atoms with Crippen LogP contribution < -0.4 is 20.1 Å². The molecule has 5 rings (SSSR count). The Bertz CT molecular complexity index is 1480. The number of rotatable bonds is 7. The maximum atomic E-state index is 13.8.